The Morgan fingerprint density at radius 2 is 0.844 bits per heavy atom. The van der Waals surface area contributed by atoms with Crippen LogP contribution in [0.5, 0.6) is 0 Å². The van der Waals surface area contributed by atoms with Crippen molar-refractivity contribution in [1.82, 2.24) is 14.7 Å². The average Bonchev–Trinajstić information content (AvgIpc) is 3.21. The molecule has 0 aliphatic carbocycles. The maximum Gasteiger partial charge on any atom is 0.262 e. The topological polar surface area (TPSA) is 78.0 Å². The molecule has 0 saturated carbocycles. The summed E-state index contributed by atoms with van der Waals surface area (Å²) >= 11 is 0. The van der Waals surface area contributed by atoms with Crippen molar-refractivity contribution in [3.05, 3.63) is 107 Å². The highest BCUT2D eigenvalue weighted by Crippen LogP contribution is 2.25. The molecule has 2 heterocycles. The van der Waals surface area contributed by atoms with Crippen LogP contribution in [0.25, 0.3) is 0 Å². The molecule has 3 aromatic carbocycles. The fourth-order valence-electron chi connectivity index (χ4n) is 4.12. The lowest BCUT2D eigenvalue weighted by atomic mass is 10.1. The maximum atomic E-state index is 12.9. The lowest BCUT2D eigenvalue weighted by molar-refractivity contribution is 0.0380. The molecule has 0 atom stereocenters. The molecule has 0 fully saturated rings. The van der Waals surface area contributed by atoms with Crippen LogP contribution < -0.4 is 0 Å². The van der Waals surface area contributed by atoms with Crippen LogP contribution in [0.1, 0.15) is 47.0 Å². The third kappa shape index (κ3) is 3.29. The molecule has 0 radical (unpaired) electrons. The Hall–Kier alpha value is -4.10. The molecule has 0 saturated heterocycles. The summed E-state index contributed by atoms with van der Waals surface area (Å²) in [5.74, 6) is -1.53. The second-order valence-electron chi connectivity index (χ2n) is 7.77. The Kier molecular flexibility index (Phi) is 4.88. The molecule has 7 nitrogen and oxygen atoms in total. The van der Waals surface area contributed by atoms with Crippen LogP contribution in [0.4, 0.5) is 0 Å². The predicted molar refractivity (Wildman–Crippen MR) is 116 cm³/mol. The molecule has 0 unspecified atom stereocenters. The molecule has 4 amide bonds. The van der Waals surface area contributed by atoms with E-state index >= 15 is 0 Å². The van der Waals surface area contributed by atoms with Crippen molar-refractivity contribution in [3.63, 3.8) is 0 Å². The summed E-state index contributed by atoms with van der Waals surface area (Å²) in [7, 11) is 0. The zero-order chi connectivity index (χ0) is 22.2. The molecule has 32 heavy (non-hydrogen) atoms. The second-order valence-corrected chi connectivity index (χ2v) is 7.77. The fraction of sp³-hybridized carbons (Fsp3) is 0.120. The molecule has 5 rings (SSSR count). The van der Waals surface area contributed by atoms with Crippen molar-refractivity contribution in [1.29, 1.82) is 0 Å². The van der Waals surface area contributed by atoms with Gasteiger partial charge in [-0.15, -0.1) is 0 Å². The molecule has 0 bridgehead atoms. The molecule has 2 aliphatic heterocycles. The molecular weight excluding hydrogens is 406 g/mol. The molecule has 0 N–H and O–H groups in total. The highest BCUT2D eigenvalue weighted by molar-refractivity contribution is 6.22. The normalized spacial score (nSPS) is 15.0. The number of rotatable bonds is 6. The summed E-state index contributed by atoms with van der Waals surface area (Å²) in [4.78, 5) is 55.5. The number of carbonyl (C=O) groups excluding carboxylic acids is 4. The van der Waals surface area contributed by atoms with Gasteiger partial charge in [-0.1, -0.05) is 54.6 Å². The smallest absolute Gasteiger partial charge is 0.262 e. The minimum atomic E-state index is -0.383. The van der Waals surface area contributed by atoms with E-state index in [1.54, 1.807) is 53.4 Å². The van der Waals surface area contributed by atoms with Gasteiger partial charge >= 0.3 is 0 Å². The summed E-state index contributed by atoms with van der Waals surface area (Å²) in [6, 6.07) is 22.9. The highest BCUT2D eigenvalue weighted by atomic mass is 16.2. The van der Waals surface area contributed by atoms with Gasteiger partial charge in [0.2, 0.25) is 0 Å². The first-order valence-electron chi connectivity index (χ1n) is 10.2. The molecule has 0 spiro atoms. The van der Waals surface area contributed by atoms with Gasteiger partial charge in [0.25, 0.3) is 23.6 Å². The Morgan fingerprint density at radius 1 is 0.500 bits per heavy atom. The quantitative estimate of drug-likeness (QED) is 0.568. The van der Waals surface area contributed by atoms with E-state index in [9.17, 15) is 19.2 Å². The number of hydrogen-bond donors (Lipinski definition) is 0. The number of fused-ring (bicyclic) bond motifs is 2. The number of carbonyl (C=O) groups is 4. The van der Waals surface area contributed by atoms with Crippen molar-refractivity contribution in [3.8, 4) is 0 Å². The van der Waals surface area contributed by atoms with Crippen LogP contribution in [0.3, 0.4) is 0 Å². The van der Waals surface area contributed by atoms with Crippen molar-refractivity contribution < 1.29 is 19.2 Å². The zero-order valence-corrected chi connectivity index (χ0v) is 17.1. The van der Waals surface area contributed by atoms with Crippen molar-refractivity contribution in [2.24, 2.45) is 0 Å². The molecule has 158 valence electrons. The predicted octanol–water partition coefficient (Wildman–Crippen LogP) is 3.00. The van der Waals surface area contributed by atoms with Gasteiger partial charge in [0, 0.05) is 6.54 Å². The number of benzene rings is 3. The Morgan fingerprint density at radius 3 is 1.22 bits per heavy atom. The van der Waals surface area contributed by atoms with Crippen LogP contribution >= 0.6 is 0 Å². The van der Waals surface area contributed by atoms with E-state index in [-0.39, 0.29) is 37.0 Å². The first-order chi connectivity index (χ1) is 15.5. The highest BCUT2D eigenvalue weighted by Gasteiger charge is 2.39. The van der Waals surface area contributed by atoms with E-state index < -0.39 is 0 Å². The molecule has 2 aliphatic rings. The van der Waals surface area contributed by atoms with E-state index in [0.717, 1.165) is 15.4 Å². The van der Waals surface area contributed by atoms with Crippen molar-refractivity contribution in [2.75, 3.05) is 13.3 Å². The SMILES string of the molecule is O=C1c2ccccc2C(=O)N1CN(Cc1ccccc1)CN1C(=O)c2ccccc2C1=O. The van der Waals surface area contributed by atoms with Crippen molar-refractivity contribution in [2.45, 2.75) is 6.54 Å². The van der Waals surface area contributed by atoms with Gasteiger partial charge in [-0.2, -0.15) is 0 Å². The second kappa shape index (κ2) is 7.86. The summed E-state index contributed by atoms with van der Waals surface area (Å²) < 4.78 is 0. The van der Waals surface area contributed by atoms with Crippen LogP contribution in [0, 0.1) is 0 Å². The van der Waals surface area contributed by atoms with Gasteiger partial charge in [-0.3, -0.25) is 33.9 Å². The third-order valence-corrected chi connectivity index (χ3v) is 5.69. The Bertz CT molecular complexity index is 1110. The summed E-state index contributed by atoms with van der Waals surface area (Å²) in [5, 5.41) is 0. The van der Waals surface area contributed by atoms with Gasteiger partial charge in [-0.05, 0) is 29.8 Å². The van der Waals surface area contributed by atoms with Crippen LogP contribution in [-0.2, 0) is 6.54 Å². The number of hydrogen-bond acceptors (Lipinski definition) is 5. The van der Waals surface area contributed by atoms with Gasteiger partial charge in [0.05, 0.1) is 35.6 Å². The monoisotopic (exact) mass is 425 g/mol. The largest absolute Gasteiger partial charge is 0.269 e. The van der Waals surface area contributed by atoms with E-state index in [4.69, 9.17) is 0 Å². The van der Waals surface area contributed by atoms with Gasteiger partial charge in [-0.25, -0.2) is 0 Å². The average molecular weight is 425 g/mol. The standard InChI is InChI=1S/C25H19N3O4/c29-22-18-10-4-5-11-19(18)23(30)27(22)15-26(14-17-8-2-1-3-9-17)16-28-24(31)20-12-6-7-13-21(20)25(28)32/h1-13H,14-16H2. The minimum absolute atomic E-state index is 0.0470. The molecule has 7 heteroatoms. The molecule has 0 aromatic heterocycles. The first-order valence-corrected chi connectivity index (χ1v) is 10.2. The van der Waals surface area contributed by atoms with Gasteiger partial charge < -0.3 is 0 Å². The minimum Gasteiger partial charge on any atom is -0.269 e. The lowest BCUT2D eigenvalue weighted by Crippen LogP contribution is -2.47. The fourth-order valence-corrected chi connectivity index (χ4v) is 4.12. The van der Waals surface area contributed by atoms with Crippen LogP contribution in [0.2, 0.25) is 0 Å². The lowest BCUT2D eigenvalue weighted by Gasteiger charge is -2.29. The molecular formula is C25H19N3O4. The maximum absolute atomic E-state index is 12.9. The number of nitrogens with zero attached hydrogens (tertiary/aromatic N) is 3. The summed E-state index contributed by atoms with van der Waals surface area (Å²) in [6.07, 6.45) is 0. The third-order valence-electron chi connectivity index (χ3n) is 5.69. The van der Waals surface area contributed by atoms with Crippen molar-refractivity contribution >= 4 is 23.6 Å². The van der Waals surface area contributed by atoms with E-state index in [0.29, 0.717) is 28.8 Å². The number of imide groups is 2. The van der Waals surface area contributed by atoms with E-state index in [1.165, 1.54) is 0 Å². The molecule has 3 aromatic rings. The zero-order valence-electron chi connectivity index (χ0n) is 17.1. The Labute approximate surface area is 184 Å². The van der Waals surface area contributed by atoms with Gasteiger partial charge in [0.15, 0.2) is 0 Å². The Balaban J connectivity index is 1.42. The summed E-state index contributed by atoms with van der Waals surface area (Å²) in [6.45, 7) is 0.255. The van der Waals surface area contributed by atoms with Crippen LogP contribution in [0.15, 0.2) is 78.9 Å². The summed E-state index contributed by atoms with van der Waals surface area (Å²) in [5.41, 5.74) is 2.37. The van der Waals surface area contributed by atoms with Crippen LogP contribution in [-0.4, -0.2) is 51.7 Å². The van der Waals surface area contributed by atoms with E-state index in [2.05, 4.69) is 0 Å². The van der Waals surface area contributed by atoms with Gasteiger partial charge in [0.1, 0.15) is 0 Å². The van der Waals surface area contributed by atoms with E-state index in [1.807, 2.05) is 30.3 Å². The number of amides is 4. The first kappa shape index (κ1) is 19.8.